The first-order valence-corrected chi connectivity index (χ1v) is 6.11. The van der Waals surface area contributed by atoms with E-state index in [0.29, 0.717) is 12.2 Å². The van der Waals surface area contributed by atoms with Crippen molar-refractivity contribution >= 4 is 19.7 Å². The fourth-order valence-electron chi connectivity index (χ4n) is 1.05. The number of rotatable bonds is 3. The van der Waals surface area contributed by atoms with Crippen molar-refractivity contribution in [2.75, 3.05) is 0 Å². The van der Waals surface area contributed by atoms with Gasteiger partial charge < -0.3 is 0 Å². The average Bonchev–Trinajstić information content (AvgIpc) is 2.42. The van der Waals surface area contributed by atoms with Crippen molar-refractivity contribution in [1.29, 1.82) is 5.26 Å². The SMILES string of the molecule is Cc1c(S(=O)(=O)Cl)cnn1CCC#N. The maximum atomic E-state index is 11.0. The molecule has 14 heavy (non-hydrogen) atoms. The molecule has 0 aromatic carbocycles. The van der Waals surface area contributed by atoms with Crippen molar-refractivity contribution in [3.05, 3.63) is 11.9 Å². The third-order valence-electron chi connectivity index (χ3n) is 1.76. The van der Waals surface area contributed by atoms with E-state index in [4.69, 9.17) is 15.9 Å². The lowest BCUT2D eigenvalue weighted by Gasteiger charge is -2.00. The van der Waals surface area contributed by atoms with Gasteiger partial charge in [0.05, 0.1) is 30.9 Å². The summed E-state index contributed by atoms with van der Waals surface area (Å²) in [6.07, 6.45) is 1.47. The molecule has 0 aliphatic carbocycles. The zero-order valence-corrected chi connectivity index (χ0v) is 9.01. The van der Waals surface area contributed by atoms with E-state index in [2.05, 4.69) is 5.10 Å². The molecule has 0 fully saturated rings. The van der Waals surface area contributed by atoms with Gasteiger partial charge in [-0.2, -0.15) is 10.4 Å². The van der Waals surface area contributed by atoms with Crippen LogP contribution >= 0.6 is 10.7 Å². The number of hydrogen-bond acceptors (Lipinski definition) is 4. The van der Waals surface area contributed by atoms with E-state index >= 15 is 0 Å². The molecule has 7 heteroatoms. The third kappa shape index (κ3) is 2.25. The Bertz CT molecular complexity index is 472. The van der Waals surface area contributed by atoms with Gasteiger partial charge in [0.25, 0.3) is 9.05 Å². The highest BCUT2D eigenvalue weighted by molar-refractivity contribution is 8.13. The summed E-state index contributed by atoms with van der Waals surface area (Å²) in [6.45, 7) is 1.97. The van der Waals surface area contributed by atoms with Crippen LogP contribution < -0.4 is 0 Å². The summed E-state index contributed by atoms with van der Waals surface area (Å²) >= 11 is 0. The molecule has 76 valence electrons. The van der Waals surface area contributed by atoms with Gasteiger partial charge in [0.1, 0.15) is 4.90 Å². The predicted octanol–water partition coefficient (Wildman–Crippen LogP) is 1.03. The van der Waals surface area contributed by atoms with Crippen LogP contribution in [0.3, 0.4) is 0 Å². The van der Waals surface area contributed by atoms with E-state index in [-0.39, 0.29) is 11.3 Å². The van der Waals surface area contributed by atoms with Gasteiger partial charge in [0, 0.05) is 10.7 Å². The summed E-state index contributed by atoms with van der Waals surface area (Å²) in [7, 11) is 1.43. The van der Waals surface area contributed by atoms with Crippen LogP contribution in [0.5, 0.6) is 0 Å². The van der Waals surface area contributed by atoms with Crippen LogP contribution in [0.4, 0.5) is 0 Å². The van der Waals surface area contributed by atoms with E-state index in [0.717, 1.165) is 0 Å². The van der Waals surface area contributed by atoms with Crippen LogP contribution in [0.1, 0.15) is 12.1 Å². The molecular weight excluding hydrogens is 226 g/mol. The molecule has 0 saturated carbocycles. The average molecular weight is 234 g/mol. The third-order valence-corrected chi connectivity index (χ3v) is 3.18. The van der Waals surface area contributed by atoms with Gasteiger partial charge in [0.15, 0.2) is 0 Å². The molecule has 0 radical (unpaired) electrons. The zero-order chi connectivity index (χ0) is 10.8. The Hall–Kier alpha value is -1.06. The molecule has 1 rings (SSSR count). The van der Waals surface area contributed by atoms with Crippen molar-refractivity contribution in [3.8, 4) is 6.07 Å². The Morgan fingerprint density at radius 2 is 2.36 bits per heavy atom. The standard InChI is InChI=1S/C7H8ClN3O2S/c1-6-7(14(8,12)13)5-10-11(6)4-2-3-9/h5H,2,4H2,1H3. The first-order chi connectivity index (χ1) is 6.46. The molecular formula is C7H8ClN3O2S. The van der Waals surface area contributed by atoms with Crippen molar-refractivity contribution in [2.45, 2.75) is 24.8 Å². The second kappa shape index (κ2) is 3.98. The number of aromatic nitrogens is 2. The lowest BCUT2D eigenvalue weighted by atomic mass is 10.4. The molecule has 0 N–H and O–H groups in total. The zero-order valence-electron chi connectivity index (χ0n) is 7.44. The molecule has 0 spiro atoms. The summed E-state index contributed by atoms with van der Waals surface area (Å²) in [5.74, 6) is 0. The van der Waals surface area contributed by atoms with E-state index < -0.39 is 9.05 Å². The molecule has 0 bridgehead atoms. The molecule has 0 aliphatic rings. The summed E-state index contributed by atoms with van der Waals surface area (Å²) < 4.78 is 23.4. The first kappa shape index (κ1) is 11.0. The summed E-state index contributed by atoms with van der Waals surface area (Å²) in [6, 6.07) is 1.95. The Kier molecular flexibility index (Phi) is 3.13. The van der Waals surface area contributed by atoms with E-state index in [1.165, 1.54) is 10.9 Å². The molecule has 0 unspecified atom stereocenters. The Morgan fingerprint density at radius 1 is 1.71 bits per heavy atom. The Labute approximate surface area is 86.3 Å². The second-order valence-corrected chi connectivity index (χ2v) is 5.20. The largest absolute Gasteiger partial charge is 0.267 e. The monoisotopic (exact) mass is 233 g/mol. The minimum absolute atomic E-state index is 0.00268. The van der Waals surface area contributed by atoms with Gasteiger partial charge >= 0.3 is 0 Å². The number of nitriles is 1. The lowest BCUT2D eigenvalue weighted by molar-refractivity contribution is 0.599. The molecule has 1 heterocycles. The fourth-order valence-corrected chi connectivity index (χ4v) is 2.14. The number of aryl methyl sites for hydroxylation is 1. The van der Waals surface area contributed by atoms with Gasteiger partial charge in [-0.1, -0.05) is 0 Å². The van der Waals surface area contributed by atoms with Crippen molar-refractivity contribution in [2.24, 2.45) is 0 Å². The van der Waals surface area contributed by atoms with Crippen molar-refractivity contribution < 1.29 is 8.42 Å². The van der Waals surface area contributed by atoms with Crippen LogP contribution in [0, 0.1) is 18.3 Å². The number of hydrogen-bond donors (Lipinski definition) is 0. The number of nitrogens with zero attached hydrogens (tertiary/aromatic N) is 3. The van der Waals surface area contributed by atoms with E-state index in [1.807, 2.05) is 6.07 Å². The lowest BCUT2D eigenvalue weighted by Crippen LogP contribution is -2.02. The molecule has 0 saturated heterocycles. The molecule has 0 amide bonds. The Balaban J connectivity index is 3.05. The smallest absolute Gasteiger partial charge is 0.264 e. The quantitative estimate of drug-likeness (QED) is 0.731. The van der Waals surface area contributed by atoms with Gasteiger partial charge in [-0.05, 0) is 6.92 Å². The first-order valence-electron chi connectivity index (χ1n) is 3.81. The molecule has 0 atom stereocenters. The van der Waals surface area contributed by atoms with E-state index in [1.54, 1.807) is 6.92 Å². The molecule has 1 aromatic heterocycles. The topological polar surface area (TPSA) is 75.8 Å². The van der Waals surface area contributed by atoms with Crippen LogP contribution in [-0.2, 0) is 15.6 Å². The van der Waals surface area contributed by atoms with Crippen molar-refractivity contribution in [3.63, 3.8) is 0 Å². The van der Waals surface area contributed by atoms with Crippen LogP contribution in [0.25, 0.3) is 0 Å². The van der Waals surface area contributed by atoms with Gasteiger partial charge in [0.2, 0.25) is 0 Å². The van der Waals surface area contributed by atoms with Gasteiger partial charge in [-0.15, -0.1) is 0 Å². The molecule has 0 aliphatic heterocycles. The molecule has 5 nitrogen and oxygen atoms in total. The van der Waals surface area contributed by atoms with Crippen LogP contribution in [-0.4, -0.2) is 18.2 Å². The second-order valence-electron chi connectivity index (χ2n) is 2.66. The maximum absolute atomic E-state index is 11.0. The number of halogens is 1. The minimum atomic E-state index is -3.73. The highest BCUT2D eigenvalue weighted by Crippen LogP contribution is 2.18. The highest BCUT2D eigenvalue weighted by atomic mass is 35.7. The van der Waals surface area contributed by atoms with Crippen LogP contribution in [0.2, 0.25) is 0 Å². The van der Waals surface area contributed by atoms with Crippen LogP contribution in [0.15, 0.2) is 11.1 Å². The highest BCUT2D eigenvalue weighted by Gasteiger charge is 2.17. The Morgan fingerprint density at radius 3 is 2.79 bits per heavy atom. The van der Waals surface area contributed by atoms with Gasteiger partial charge in [-0.25, -0.2) is 8.42 Å². The maximum Gasteiger partial charge on any atom is 0.264 e. The van der Waals surface area contributed by atoms with E-state index in [9.17, 15) is 8.42 Å². The van der Waals surface area contributed by atoms with Gasteiger partial charge in [-0.3, -0.25) is 4.68 Å². The van der Waals surface area contributed by atoms with Crippen molar-refractivity contribution in [1.82, 2.24) is 9.78 Å². The normalized spacial score (nSPS) is 11.2. The fraction of sp³-hybridized carbons (Fsp3) is 0.429. The predicted molar refractivity (Wildman–Crippen MR) is 50.2 cm³/mol. The summed E-state index contributed by atoms with van der Waals surface area (Å²) in [5, 5.41) is 12.2. The molecule has 1 aromatic rings. The summed E-state index contributed by atoms with van der Waals surface area (Å²) in [4.78, 5) is -0.00268. The summed E-state index contributed by atoms with van der Waals surface area (Å²) in [5.41, 5.74) is 0.454. The minimum Gasteiger partial charge on any atom is -0.267 e.